The average molecular weight is 268 g/mol. The Balaban J connectivity index is 2.08. The van der Waals surface area contributed by atoms with Gasteiger partial charge in [-0.25, -0.2) is 0 Å². The molecule has 0 aliphatic heterocycles. The highest BCUT2D eigenvalue weighted by molar-refractivity contribution is 7.12. The highest BCUT2D eigenvalue weighted by Crippen LogP contribution is 2.12. The van der Waals surface area contributed by atoms with Gasteiger partial charge in [-0.05, 0) is 65.1 Å². The van der Waals surface area contributed by atoms with Crippen LogP contribution in [0.2, 0.25) is 0 Å². The molecule has 0 fully saturated rings. The van der Waals surface area contributed by atoms with E-state index in [1.54, 1.807) is 0 Å². The Labute approximate surface area is 114 Å². The van der Waals surface area contributed by atoms with Crippen LogP contribution < -0.4 is 0 Å². The van der Waals surface area contributed by atoms with Gasteiger partial charge in [0.05, 0.1) is 4.88 Å². The minimum absolute atomic E-state index is 0.284. The highest BCUT2D eigenvalue weighted by atomic mass is 32.1. The molecule has 0 aliphatic carbocycles. The summed E-state index contributed by atoms with van der Waals surface area (Å²) in [5.41, 5.74) is 0. The van der Waals surface area contributed by atoms with Gasteiger partial charge in [0.15, 0.2) is 5.78 Å². The zero-order valence-corrected chi connectivity index (χ0v) is 12.5. The van der Waals surface area contributed by atoms with Crippen molar-refractivity contribution in [2.24, 2.45) is 0 Å². The Morgan fingerprint density at radius 3 is 2.50 bits per heavy atom. The Bertz CT molecular complexity index is 336. The predicted molar refractivity (Wildman–Crippen MR) is 78.6 cm³/mol. The third-order valence-electron chi connectivity index (χ3n) is 2.88. The van der Waals surface area contributed by atoms with Gasteiger partial charge in [0.1, 0.15) is 0 Å². The van der Waals surface area contributed by atoms with Gasteiger partial charge in [0.25, 0.3) is 0 Å². The fraction of sp³-hybridized carbons (Fsp3) is 0.643. The van der Waals surface area contributed by atoms with Crippen molar-refractivity contribution in [3.63, 3.8) is 0 Å². The SMILES string of the molecule is CN(C)CCCN(C)CCCC(=O)c1cccs1. The van der Waals surface area contributed by atoms with Crippen molar-refractivity contribution in [3.8, 4) is 0 Å². The van der Waals surface area contributed by atoms with E-state index >= 15 is 0 Å². The lowest BCUT2D eigenvalue weighted by atomic mass is 10.2. The maximum absolute atomic E-state index is 11.8. The first-order chi connectivity index (χ1) is 8.59. The normalized spacial score (nSPS) is 11.4. The van der Waals surface area contributed by atoms with Crippen LogP contribution in [0.1, 0.15) is 28.9 Å². The van der Waals surface area contributed by atoms with Crippen molar-refractivity contribution in [3.05, 3.63) is 22.4 Å². The summed E-state index contributed by atoms with van der Waals surface area (Å²) >= 11 is 1.54. The highest BCUT2D eigenvalue weighted by Gasteiger charge is 2.07. The van der Waals surface area contributed by atoms with E-state index in [9.17, 15) is 4.79 Å². The van der Waals surface area contributed by atoms with Crippen molar-refractivity contribution in [1.29, 1.82) is 0 Å². The third kappa shape index (κ3) is 6.28. The molecular formula is C14H24N2OS. The Morgan fingerprint density at radius 1 is 1.17 bits per heavy atom. The van der Waals surface area contributed by atoms with E-state index in [0.717, 1.165) is 30.9 Å². The van der Waals surface area contributed by atoms with Crippen LogP contribution in [-0.4, -0.2) is 56.4 Å². The summed E-state index contributed by atoms with van der Waals surface area (Å²) in [4.78, 5) is 17.2. The molecule has 0 amide bonds. The van der Waals surface area contributed by atoms with Crippen LogP contribution in [0.5, 0.6) is 0 Å². The fourth-order valence-corrected chi connectivity index (χ4v) is 2.53. The van der Waals surface area contributed by atoms with Crippen LogP contribution in [-0.2, 0) is 0 Å². The maximum Gasteiger partial charge on any atom is 0.172 e. The van der Waals surface area contributed by atoms with Crippen molar-refractivity contribution < 1.29 is 4.79 Å². The van der Waals surface area contributed by atoms with Gasteiger partial charge in [-0.1, -0.05) is 6.07 Å². The number of carbonyl (C=O) groups is 1. The topological polar surface area (TPSA) is 23.6 Å². The van der Waals surface area contributed by atoms with E-state index in [0.29, 0.717) is 6.42 Å². The van der Waals surface area contributed by atoms with E-state index in [4.69, 9.17) is 0 Å². The van der Waals surface area contributed by atoms with Gasteiger partial charge in [-0.3, -0.25) is 4.79 Å². The van der Waals surface area contributed by atoms with Gasteiger partial charge < -0.3 is 9.80 Å². The minimum atomic E-state index is 0.284. The largest absolute Gasteiger partial charge is 0.309 e. The summed E-state index contributed by atoms with van der Waals surface area (Å²) in [7, 11) is 6.32. The second kappa shape index (κ2) is 8.40. The monoisotopic (exact) mass is 268 g/mol. The van der Waals surface area contributed by atoms with Crippen LogP contribution in [0.3, 0.4) is 0 Å². The molecule has 0 spiro atoms. The van der Waals surface area contributed by atoms with E-state index < -0.39 is 0 Å². The molecule has 0 saturated heterocycles. The lowest BCUT2D eigenvalue weighted by Crippen LogP contribution is -2.25. The maximum atomic E-state index is 11.8. The summed E-state index contributed by atoms with van der Waals surface area (Å²) in [5, 5.41) is 1.96. The molecule has 1 aromatic heterocycles. The molecule has 18 heavy (non-hydrogen) atoms. The molecule has 0 N–H and O–H groups in total. The minimum Gasteiger partial charge on any atom is -0.309 e. The zero-order valence-electron chi connectivity index (χ0n) is 11.7. The Morgan fingerprint density at radius 2 is 1.89 bits per heavy atom. The van der Waals surface area contributed by atoms with Gasteiger partial charge in [-0.2, -0.15) is 0 Å². The van der Waals surface area contributed by atoms with Gasteiger partial charge in [0.2, 0.25) is 0 Å². The molecule has 0 aromatic carbocycles. The lowest BCUT2D eigenvalue weighted by Gasteiger charge is -2.17. The average Bonchev–Trinajstić information content (AvgIpc) is 2.81. The summed E-state index contributed by atoms with van der Waals surface area (Å²) in [6.45, 7) is 3.23. The first-order valence-corrected chi connectivity index (χ1v) is 7.37. The van der Waals surface area contributed by atoms with Crippen LogP contribution in [0.25, 0.3) is 0 Å². The van der Waals surface area contributed by atoms with Crippen LogP contribution in [0.4, 0.5) is 0 Å². The van der Waals surface area contributed by atoms with Crippen LogP contribution >= 0.6 is 11.3 Å². The fourth-order valence-electron chi connectivity index (χ4n) is 1.84. The van der Waals surface area contributed by atoms with Crippen molar-refractivity contribution in [1.82, 2.24) is 9.80 Å². The third-order valence-corrected chi connectivity index (χ3v) is 3.80. The van der Waals surface area contributed by atoms with E-state index in [2.05, 4.69) is 30.9 Å². The van der Waals surface area contributed by atoms with Gasteiger partial charge >= 0.3 is 0 Å². The van der Waals surface area contributed by atoms with Gasteiger partial charge in [0, 0.05) is 6.42 Å². The van der Waals surface area contributed by atoms with Gasteiger partial charge in [-0.15, -0.1) is 11.3 Å². The predicted octanol–water partition coefficient (Wildman–Crippen LogP) is 2.59. The number of carbonyl (C=O) groups excluding carboxylic acids is 1. The molecule has 0 atom stereocenters. The smallest absolute Gasteiger partial charge is 0.172 e. The standard InChI is InChI=1S/C14H24N2OS/c1-15(2)9-6-11-16(3)10-4-7-13(17)14-8-5-12-18-14/h5,8,12H,4,6-7,9-11H2,1-3H3. The van der Waals surface area contributed by atoms with Crippen molar-refractivity contribution in [2.75, 3.05) is 40.8 Å². The number of hydrogen-bond donors (Lipinski definition) is 0. The van der Waals surface area contributed by atoms with Crippen LogP contribution in [0.15, 0.2) is 17.5 Å². The van der Waals surface area contributed by atoms with Crippen molar-refractivity contribution >= 4 is 17.1 Å². The van der Waals surface area contributed by atoms with E-state index in [1.807, 2.05) is 17.5 Å². The summed E-state index contributed by atoms with van der Waals surface area (Å²) in [6, 6.07) is 3.85. The molecule has 1 heterocycles. The molecule has 3 nitrogen and oxygen atoms in total. The summed E-state index contributed by atoms with van der Waals surface area (Å²) in [6.07, 6.45) is 2.80. The molecule has 4 heteroatoms. The second-order valence-corrected chi connectivity index (χ2v) is 5.91. The first-order valence-electron chi connectivity index (χ1n) is 6.49. The second-order valence-electron chi connectivity index (χ2n) is 4.96. The first kappa shape index (κ1) is 15.3. The molecular weight excluding hydrogens is 244 g/mol. The van der Waals surface area contributed by atoms with Crippen molar-refractivity contribution in [2.45, 2.75) is 19.3 Å². The lowest BCUT2D eigenvalue weighted by molar-refractivity contribution is 0.0980. The molecule has 0 bridgehead atoms. The van der Waals surface area contributed by atoms with Crippen LogP contribution in [0, 0.1) is 0 Å². The van der Waals surface area contributed by atoms with E-state index in [1.165, 1.54) is 17.8 Å². The Kier molecular flexibility index (Phi) is 7.16. The number of hydrogen-bond acceptors (Lipinski definition) is 4. The molecule has 0 radical (unpaired) electrons. The van der Waals surface area contributed by atoms with E-state index in [-0.39, 0.29) is 5.78 Å². The quantitative estimate of drug-likeness (QED) is 0.643. The molecule has 1 rings (SSSR count). The molecule has 1 aromatic rings. The number of ketones is 1. The number of thiophene rings is 1. The number of Topliss-reactive ketones (excluding diaryl/α,β-unsaturated/α-hetero) is 1. The number of nitrogens with zero attached hydrogens (tertiary/aromatic N) is 2. The number of rotatable bonds is 9. The summed E-state index contributed by atoms with van der Waals surface area (Å²) < 4.78 is 0. The summed E-state index contributed by atoms with van der Waals surface area (Å²) in [5.74, 6) is 0.284. The molecule has 0 saturated carbocycles. The molecule has 0 unspecified atom stereocenters. The molecule has 102 valence electrons. The molecule has 0 aliphatic rings. The zero-order chi connectivity index (χ0) is 13.4. The Hall–Kier alpha value is -0.710.